The smallest absolute Gasteiger partial charge is 0.171 e. The molecular weight excluding hydrogens is 138 g/mol. The summed E-state index contributed by atoms with van der Waals surface area (Å²) >= 11 is 0. The highest BCUT2D eigenvalue weighted by Gasteiger charge is 2.04. The Balaban J connectivity index is 3.66. The fourth-order valence-corrected chi connectivity index (χ4v) is 0.841. The minimum atomic E-state index is 0.140. The van der Waals surface area contributed by atoms with Gasteiger partial charge in [-0.3, -0.25) is 9.69 Å². The van der Waals surface area contributed by atoms with E-state index in [9.17, 15) is 4.79 Å². The number of ketones is 1. The number of Topliss-reactive ketones (excluding diaryl/α,β-unsaturated/α-hetero) is 1. The second kappa shape index (κ2) is 5.08. The van der Waals surface area contributed by atoms with E-state index in [0.717, 1.165) is 13.0 Å². The predicted molar refractivity (Wildman–Crippen MR) is 47.6 cm³/mol. The fraction of sp³-hybridized carbons (Fsp3) is 0.667. The van der Waals surface area contributed by atoms with E-state index >= 15 is 0 Å². The molecule has 64 valence electrons. The summed E-state index contributed by atoms with van der Waals surface area (Å²) in [5.74, 6) is 0.140. The van der Waals surface area contributed by atoms with Crippen LogP contribution < -0.4 is 0 Å². The molecule has 0 heterocycles. The van der Waals surface area contributed by atoms with E-state index in [4.69, 9.17) is 0 Å². The molecule has 0 amide bonds. The number of nitrogens with zero attached hydrogens (tertiary/aromatic N) is 1. The Hall–Kier alpha value is -0.630. The van der Waals surface area contributed by atoms with Crippen LogP contribution in [0, 0.1) is 0 Å². The maximum Gasteiger partial charge on any atom is 0.171 e. The van der Waals surface area contributed by atoms with E-state index in [1.54, 1.807) is 6.92 Å². The van der Waals surface area contributed by atoms with Crippen LogP contribution in [0.4, 0.5) is 0 Å². The third-order valence-corrected chi connectivity index (χ3v) is 1.49. The van der Waals surface area contributed by atoms with Crippen LogP contribution in [0.3, 0.4) is 0 Å². The molecule has 2 heteroatoms. The molecule has 0 unspecified atom stereocenters. The second-order valence-corrected chi connectivity index (χ2v) is 2.94. The summed E-state index contributed by atoms with van der Waals surface area (Å²) in [5.41, 5.74) is 0.646. The zero-order valence-corrected chi connectivity index (χ0v) is 7.68. The number of carbonyl (C=O) groups excluding carboxylic acids is 1. The minimum absolute atomic E-state index is 0.140. The maximum atomic E-state index is 11.1. The summed E-state index contributed by atoms with van der Waals surface area (Å²) in [5, 5.41) is 0. The van der Waals surface area contributed by atoms with Gasteiger partial charge in [-0.1, -0.05) is 13.5 Å². The summed E-state index contributed by atoms with van der Waals surface area (Å²) in [6, 6.07) is 0. The molecule has 0 fully saturated rings. The quantitative estimate of drug-likeness (QED) is 0.560. The molecule has 0 saturated heterocycles. The van der Waals surface area contributed by atoms with Crippen LogP contribution in [0.2, 0.25) is 0 Å². The van der Waals surface area contributed by atoms with Crippen molar-refractivity contribution in [1.82, 2.24) is 4.90 Å². The molecule has 0 aromatic heterocycles. The highest BCUT2D eigenvalue weighted by atomic mass is 16.1. The molecule has 0 aliphatic carbocycles. The Bertz CT molecular complexity index is 152. The molecule has 0 bridgehead atoms. The lowest BCUT2D eigenvalue weighted by Crippen LogP contribution is -2.26. The van der Waals surface area contributed by atoms with Gasteiger partial charge in [0.15, 0.2) is 5.78 Å². The zero-order chi connectivity index (χ0) is 8.85. The summed E-state index contributed by atoms with van der Waals surface area (Å²) in [7, 11) is 1.95. The van der Waals surface area contributed by atoms with Gasteiger partial charge in [-0.15, -0.1) is 0 Å². The third kappa shape index (κ3) is 4.73. The van der Waals surface area contributed by atoms with Gasteiger partial charge in [0.2, 0.25) is 0 Å². The number of rotatable bonds is 5. The Morgan fingerprint density at radius 3 is 2.45 bits per heavy atom. The summed E-state index contributed by atoms with van der Waals surface area (Å²) in [4.78, 5) is 13.1. The average Bonchev–Trinajstić information content (AvgIpc) is 1.87. The minimum Gasteiger partial charge on any atom is -0.299 e. The average molecular weight is 155 g/mol. The van der Waals surface area contributed by atoms with Gasteiger partial charge >= 0.3 is 0 Å². The molecular formula is C9H17NO. The van der Waals surface area contributed by atoms with Crippen molar-refractivity contribution in [3.8, 4) is 0 Å². The first-order valence-electron chi connectivity index (χ1n) is 3.95. The number of carbonyl (C=O) groups is 1. The van der Waals surface area contributed by atoms with Crippen molar-refractivity contribution in [3.05, 3.63) is 12.2 Å². The molecule has 2 nitrogen and oxygen atoms in total. The van der Waals surface area contributed by atoms with Gasteiger partial charge in [0.05, 0.1) is 6.54 Å². The molecule has 0 aliphatic heterocycles. The molecule has 0 atom stereocenters. The zero-order valence-electron chi connectivity index (χ0n) is 7.68. The molecule has 0 aliphatic rings. The van der Waals surface area contributed by atoms with E-state index in [0.29, 0.717) is 12.1 Å². The van der Waals surface area contributed by atoms with E-state index in [1.165, 1.54) is 0 Å². The standard InChI is InChI=1S/C9H17NO/c1-5-6-10(4)7-9(11)8(2)3/h2,5-7H2,1,3-4H3. The van der Waals surface area contributed by atoms with Crippen molar-refractivity contribution in [2.75, 3.05) is 20.1 Å². The normalized spacial score (nSPS) is 10.2. The number of likely N-dealkylation sites (N-methyl/N-ethyl adjacent to an activating group) is 1. The summed E-state index contributed by atoms with van der Waals surface area (Å²) < 4.78 is 0. The summed E-state index contributed by atoms with van der Waals surface area (Å²) in [6.45, 7) is 8.92. The van der Waals surface area contributed by atoms with Crippen molar-refractivity contribution in [1.29, 1.82) is 0 Å². The van der Waals surface area contributed by atoms with Crippen LogP contribution in [0.5, 0.6) is 0 Å². The molecule has 0 saturated carbocycles. The van der Waals surface area contributed by atoms with Crippen molar-refractivity contribution >= 4 is 5.78 Å². The van der Waals surface area contributed by atoms with Crippen molar-refractivity contribution in [2.45, 2.75) is 20.3 Å². The first kappa shape index (κ1) is 10.4. The fourth-order valence-electron chi connectivity index (χ4n) is 0.841. The second-order valence-electron chi connectivity index (χ2n) is 2.94. The molecule has 0 rings (SSSR count). The molecule has 0 spiro atoms. The lowest BCUT2D eigenvalue weighted by atomic mass is 10.2. The van der Waals surface area contributed by atoms with Gasteiger partial charge in [-0.25, -0.2) is 0 Å². The third-order valence-electron chi connectivity index (χ3n) is 1.49. The van der Waals surface area contributed by atoms with Crippen LogP contribution in [0.15, 0.2) is 12.2 Å². The van der Waals surface area contributed by atoms with Gasteiger partial charge in [0.1, 0.15) is 0 Å². The van der Waals surface area contributed by atoms with E-state index in [-0.39, 0.29) is 5.78 Å². The highest BCUT2D eigenvalue weighted by Crippen LogP contribution is 1.93. The number of hydrogen-bond acceptors (Lipinski definition) is 2. The first-order chi connectivity index (χ1) is 5.07. The monoisotopic (exact) mass is 155 g/mol. The van der Waals surface area contributed by atoms with Crippen LogP contribution in [-0.4, -0.2) is 30.8 Å². The topological polar surface area (TPSA) is 20.3 Å². The Morgan fingerprint density at radius 2 is 2.09 bits per heavy atom. The van der Waals surface area contributed by atoms with Crippen molar-refractivity contribution in [3.63, 3.8) is 0 Å². The molecule has 0 aromatic carbocycles. The SMILES string of the molecule is C=C(C)C(=O)CN(C)CCC. The molecule has 0 N–H and O–H groups in total. The van der Waals surface area contributed by atoms with E-state index in [1.807, 2.05) is 11.9 Å². The van der Waals surface area contributed by atoms with E-state index < -0.39 is 0 Å². The van der Waals surface area contributed by atoms with Gasteiger partial charge in [-0.05, 0) is 32.5 Å². The lowest BCUT2D eigenvalue weighted by Gasteiger charge is -2.13. The van der Waals surface area contributed by atoms with Crippen LogP contribution in [0.25, 0.3) is 0 Å². The Morgan fingerprint density at radius 1 is 1.55 bits per heavy atom. The number of hydrogen-bond donors (Lipinski definition) is 0. The van der Waals surface area contributed by atoms with Gasteiger partial charge in [0.25, 0.3) is 0 Å². The Labute approximate surface area is 68.9 Å². The lowest BCUT2D eigenvalue weighted by molar-refractivity contribution is -0.116. The van der Waals surface area contributed by atoms with E-state index in [2.05, 4.69) is 13.5 Å². The maximum absolute atomic E-state index is 11.1. The first-order valence-corrected chi connectivity index (χ1v) is 3.95. The molecule has 0 radical (unpaired) electrons. The Kier molecular flexibility index (Phi) is 4.79. The van der Waals surface area contributed by atoms with Crippen molar-refractivity contribution < 1.29 is 4.79 Å². The molecule has 11 heavy (non-hydrogen) atoms. The van der Waals surface area contributed by atoms with Crippen LogP contribution in [0.1, 0.15) is 20.3 Å². The summed E-state index contributed by atoms with van der Waals surface area (Å²) in [6.07, 6.45) is 1.08. The predicted octanol–water partition coefficient (Wildman–Crippen LogP) is 1.47. The largest absolute Gasteiger partial charge is 0.299 e. The van der Waals surface area contributed by atoms with Gasteiger partial charge < -0.3 is 0 Å². The molecule has 0 aromatic rings. The van der Waals surface area contributed by atoms with Gasteiger partial charge in [0, 0.05) is 0 Å². The van der Waals surface area contributed by atoms with Crippen LogP contribution >= 0.6 is 0 Å². The van der Waals surface area contributed by atoms with Gasteiger partial charge in [-0.2, -0.15) is 0 Å². The van der Waals surface area contributed by atoms with Crippen molar-refractivity contribution in [2.24, 2.45) is 0 Å². The highest BCUT2D eigenvalue weighted by molar-refractivity contribution is 5.95. The van der Waals surface area contributed by atoms with Crippen LogP contribution in [-0.2, 0) is 4.79 Å².